The highest BCUT2D eigenvalue weighted by Gasteiger charge is 2.45. The van der Waals surface area contributed by atoms with E-state index in [-0.39, 0.29) is 34.0 Å². The van der Waals surface area contributed by atoms with Crippen LogP contribution in [-0.2, 0) is 4.79 Å². The van der Waals surface area contributed by atoms with Crippen molar-refractivity contribution in [2.45, 2.75) is 57.0 Å². The summed E-state index contributed by atoms with van der Waals surface area (Å²) in [7, 11) is 0. The lowest BCUT2D eigenvalue weighted by atomic mass is 9.85. The van der Waals surface area contributed by atoms with E-state index in [2.05, 4.69) is 11.0 Å². The molecule has 178 valence electrons. The van der Waals surface area contributed by atoms with Gasteiger partial charge in [0.2, 0.25) is 5.43 Å². The van der Waals surface area contributed by atoms with Crippen molar-refractivity contribution < 1.29 is 19.1 Å². The maximum absolute atomic E-state index is 15.6. The molecule has 3 heterocycles. The Bertz CT molecular complexity index is 1310. The van der Waals surface area contributed by atoms with Crippen LogP contribution in [0.3, 0.4) is 0 Å². The summed E-state index contributed by atoms with van der Waals surface area (Å²) >= 11 is 0. The minimum absolute atomic E-state index is 0.0130. The normalized spacial score (nSPS) is 22.9. The predicted octanol–water partition coefficient (Wildman–Crippen LogP) is 3.07. The molecule has 2 aromatic rings. The number of carbonyl (C=O) groups excluding carboxylic acids is 1. The highest BCUT2D eigenvalue weighted by Crippen LogP contribution is 2.43. The second-order valence-corrected chi connectivity index (χ2v) is 9.88. The fourth-order valence-electron chi connectivity index (χ4n) is 5.86. The van der Waals surface area contributed by atoms with Crippen LogP contribution in [0, 0.1) is 17.1 Å². The second kappa shape index (κ2) is 8.20. The van der Waals surface area contributed by atoms with Crippen molar-refractivity contribution in [2.24, 2.45) is 0 Å². The smallest absolute Gasteiger partial charge is 0.341 e. The van der Waals surface area contributed by atoms with Crippen LogP contribution in [0.4, 0.5) is 10.1 Å². The Labute approximate surface area is 196 Å². The molecule has 1 aliphatic carbocycles. The Balaban J connectivity index is 1.65. The molecule has 0 bridgehead atoms. The van der Waals surface area contributed by atoms with Gasteiger partial charge in [-0.1, -0.05) is 6.42 Å². The van der Waals surface area contributed by atoms with Crippen molar-refractivity contribution in [2.75, 3.05) is 31.1 Å². The van der Waals surface area contributed by atoms with Crippen molar-refractivity contribution in [3.63, 3.8) is 0 Å². The number of rotatable bonds is 5. The molecule has 2 saturated heterocycles. The lowest BCUT2D eigenvalue weighted by Crippen LogP contribution is -2.55. The number of nitriles is 1. The van der Waals surface area contributed by atoms with Gasteiger partial charge in [-0.3, -0.25) is 14.5 Å². The molecule has 1 spiro atoms. The predicted molar refractivity (Wildman–Crippen MR) is 124 cm³/mol. The third kappa shape index (κ3) is 3.57. The lowest BCUT2D eigenvalue weighted by molar-refractivity contribution is -0.120. The molecule has 3 fully saturated rings. The number of aromatic nitrogens is 1. The number of hydrogen-bond donors (Lipinski definition) is 1. The number of carboxylic acid groups (broad SMARTS) is 1. The van der Waals surface area contributed by atoms with Gasteiger partial charge in [0, 0.05) is 30.9 Å². The summed E-state index contributed by atoms with van der Waals surface area (Å²) < 4.78 is 17.3. The maximum Gasteiger partial charge on any atom is 0.341 e. The number of aromatic carboxylic acids is 1. The maximum atomic E-state index is 15.6. The van der Waals surface area contributed by atoms with E-state index in [1.807, 2.05) is 4.90 Å². The molecule has 5 rings (SSSR count). The molecule has 1 N–H and O–H groups in total. The zero-order valence-electron chi connectivity index (χ0n) is 19.1. The molecule has 1 saturated carbocycles. The third-order valence-corrected chi connectivity index (χ3v) is 7.58. The van der Waals surface area contributed by atoms with Crippen LogP contribution in [0.25, 0.3) is 10.9 Å². The monoisotopic (exact) mass is 466 g/mol. The Hall–Kier alpha value is -3.25. The molecule has 34 heavy (non-hydrogen) atoms. The van der Waals surface area contributed by atoms with Crippen LogP contribution in [0.5, 0.6) is 0 Å². The zero-order chi connectivity index (χ0) is 24.2. The second-order valence-electron chi connectivity index (χ2n) is 9.88. The van der Waals surface area contributed by atoms with E-state index in [0.29, 0.717) is 25.2 Å². The number of likely N-dealkylation sites (tertiary alicyclic amines) is 1. The van der Waals surface area contributed by atoms with E-state index in [0.717, 1.165) is 51.1 Å². The average Bonchev–Trinajstić information content (AvgIpc) is 3.55. The number of nitrogens with zero attached hydrogens (tertiary/aromatic N) is 4. The summed E-state index contributed by atoms with van der Waals surface area (Å²) in [5, 5.41) is 19.6. The molecule has 0 radical (unpaired) electrons. The number of carbonyl (C=O) groups is 2. The molecule has 9 heteroatoms. The van der Waals surface area contributed by atoms with Gasteiger partial charge in [0.25, 0.3) is 0 Å². The number of Topliss-reactive ketones (excluding diaryl/α,β-unsaturated/α-hetero) is 1. The Kier molecular flexibility index (Phi) is 5.44. The molecule has 3 aliphatic rings. The quantitative estimate of drug-likeness (QED) is 0.722. The summed E-state index contributed by atoms with van der Waals surface area (Å²) in [5.74, 6) is -1.97. The van der Waals surface area contributed by atoms with Gasteiger partial charge >= 0.3 is 5.97 Å². The number of halogens is 1. The first kappa shape index (κ1) is 22.5. The molecule has 8 nitrogen and oxygen atoms in total. The van der Waals surface area contributed by atoms with Gasteiger partial charge in [0.1, 0.15) is 28.8 Å². The van der Waals surface area contributed by atoms with Crippen LogP contribution in [0.2, 0.25) is 0 Å². The van der Waals surface area contributed by atoms with E-state index in [1.165, 1.54) is 6.20 Å². The largest absolute Gasteiger partial charge is 0.477 e. The molecule has 1 aromatic heterocycles. The number of hydrogen-bond acceptors (Lipinski definition) is 6. The summed E-state index contributed by atoms with van der Waals surface area (Å²) in [5.41, 5.74) is -0.904. The molecule has 1 aromatic carbocycles. The van der Waals surface area contributed by atoms with Crippen molar-refractivity contribution >= 4 is 28.3 Å². The molecular formula is C25H27FN4O4. The van der Waals surface area contributed by atoms with Gasteiger partial charge in [0.05, 0.1) is 23.1 Å². The summed E-state index contributed by atoms with van der Waals surface area (Å²) in [6, 6.07) is 3.22. The summed E-state index contributed by atoms with van der Waals surface area (Å²) in [6.07, 6.45) is 6.63. The number of benzene rings is 1. The van der Waals surface area contributed by atoms with E-state index in [1.54, 1.807) is 11.5 Å². The molecule has 1 unspecified atom stereocenters. The Morgan fingerprint density at radius 1 is 1.26 bits per heavy atom. The van der Waals surface area contributed by atoms with E-state index < -0.39 is 22.8 Å². The van der Waals surface area contributed by atoms with Gasteiger partial charge < -0.3 is 14.6 Å². The lowest BCUT2D eigenvalue weighted by Gasteiger charge is -2.44. The number of carboxylic acids is 1. The molecule has 0 amide bonds. The Morgan fingerprint density at radius 3 is 2.68 bits per heavy atom. The van der Waals surface area contributed by atoms with Crippen molar-refractivity contribution in [3.8, 4) is 6.07 Å². The number of anilines is 1. The first-order valence-corrected chi connectivity index (χ1v) is 11.8. The number of pyridine rings is 1. The standard InChI is InChI=1S/C25H27FN4O4/c1-15(31)12-29-8-3-2-6-25(29)7-9-28(14-25)22-18(11-27)21-17(10-20(22)26)23(32)19(24(33)34)13-30(21)16-4-5-16/h10,13,16H,2-9,12,14H2,1H3,(H,33,34). The number of piperidine rings is 1. The van der Waals surface area contributed by atoms with Crippen LogP contribution in [0.15, 0.2) is 17.1 Å². The number of fused-ring (bicyclic) bond motifs is 1. The van der Waals surface area contributed by atoms with Gasteiger partial charge in [-0.05, 0) is 51.6 Å². The zero-order valence-corrected chi connectivity index (χ0v) is 19.1. The van der Waals surface area contributed by atoms with E-state index in [9.17, 15) is 24.8 Å². The van der Waals surface area contributed by atoms with E-state index >= 15 is 4.39 Å². The van der Waals surface area contributed by atoms with Gasteiger partial charge in [-0.15, -0.1) is 0 Å². The van der Waals surface area contributed by atoms with Crippen LogP contribution in [-0.4, -0.2) is 58.0 Å². The SMILES string of the molecule is CC(=O)CN1CCCCC12CCN(c1c(F)cc3c(=O)c(C(=O)O)cn(C4CC4)c3c1C#N)C2. The first-order valence-electron chi connectivity index (χ1n) is 11.8. The van der Waals surface area contributed by atoms with Gasteiger partial charge in [0.15, 0.2) is 0 Å². The topological polar surface area (TPSA) is 107 Å². The Morgan fingerprint density at radius 2 is 2.03 bits per heavy atom. The van der Waals surface area contributed by atoms with Crippen LogP contribution in [0.1, 0.15) is 67.4 Å². The molecule has 1 atom stereocenters. The fraction of sp³-hybridized carbons (Fsp3) is 0.520. The number of ketones is 1. The highest BCUT2D eigenvalue weighted by molar-refractivity contribution is 5.96. The van der Waals surface area contributed by atoms with E-state index in [4.69, 9.17) is 0 Å². The fourth-order valence-corrected chi connectivity index (χ4v) is 5.86. The minimum atomic E-state index is -1.37. The van der Waals surface area contributed by atoms with Crippen molar-refractivity contribution in [3.05, 3.63) is 39.4 Å². The third-order valence-electron chi connectivity index (χ3n) is 7.58. The summed E-state index contributed by atoms with van der Waals surface area (Å²) in [4.78, 5) is 40.5. The van der Waals surface area contributed by atoms with Crippen LogP contribution < -0.4 is 10.3 Å². The minimum Gasteiger partial charge on any atom is -0.477 e. The van der Waals surface area contributed by atoms with Crippen LogP contribution >= 0.6 is 0 Å². The highest BCUT2D eigenvalue weighted by atomic mass is 19.1. The molecular weight excluding hydrogens is 439 g/mol. The van der Waals surface area contributed by atoms with Gasteiger partial charge in [-0.25, -0.2) is 9.18 Å². The van der Waals surface area contributed by atoms with Crippen molar-refractivity contribution in [1.29, 1.82) is 5.26 Å². The van der Waals surface area contributed by atoms with Crippen molar-refractivity contribution in [1.82, 2.24) is 9.47 Å². The van der Waals surface area contributed by atoms with Gasteiger partial charge in [-0.2, -0.15) is 5.26 Å². The average molecular weight is 467 g/mol. The summed E-state index contributed by atoms with van der Waals surface area (Å²) in [6.45, 7) is 3.79. The molecule has 2 aliphatic heterocycles. The first-order chi connectivity index (χ1) is 16.3.